The zero-order valence-electron chi connectivity index (χ0n) is 8.81. The number of nitrogens with zero attached hydrogens (tertiary/aromatic N) is 1. The molecule has 3 rings (SSSR count). The Hall–Kier alpha value is -0.900. The van der Waals surface area contributed by atoms with Crippen LogP contribution in [0.1, 0.15) is 19.8 Å². The predicted octanol–water partition coefficient (Wildman–Crippen LogP) is 0.416. The van der Waals surface area contributed by atoms with Crippen LogP contribution in [0, 0.1) is 17.8 Å². The van der Waals surface area contributed by atoms with Gasteiger partial charge in [0.15, 0.2) is 0 Å². The van der Waals surface area contributed by atoms with E-state index in [1.807, 2.05) is 0 Å². The van der Waals surface area contributed by atoms with E-state index in [1.54, 1.807) is 0 Å². The van der Waals surface area contributed by atoms with Crippen molar-refractivity contribution < 1.29 is 14.3 Å². The van der Waals surface area contributed by atoms with E-state index >= 15 is 0 Å². The van der Waals surface area contributed by atoms with E-state index in [-0.39, 0.29) is 29.8 Å². The first-order valence-corrected chi connectivity index (χ1v) is 5.63. The van der Waals surface area contributed by atoms with Crippen molar-refractivity contribution >= 4 is 11.8 Å². The van der Waals surface area contributed by atoms with E-state index < -0.39 is 0 Å². The highest BCUT2D eigenvalue weighted by atomic mass is 16.6. The molecule has 0 spiro atoms. The van der Waals surface area contributed by atoms with E-state index in [4.69, 9.17) is 4.74 Å². The number of rotatable bonds is 2. The van der Waals surface area contributed by atoms with Gasteiger partial charge in [-0.25, -0.2) is 0 Å². The summed E-state index contributed by atoms with van der Waals surface area (Å²) in [6, 6.07) is 0. The van der Waals surface area contributed by atoms with Gasteiger partial charge in [-0.1, -0.05) is 6.92 Å². The molecule has 2 saturated heterocycles. The summed E-state index contributed by atoms with van der Waals surface area (Å²) in [5.41, 5.74) is 0. The van der Waals surface area contributed by atoms with Crippen LogP contribution in [-0.4, -0.2) is 36.0 Å². The maximum Gasteiger partial charge on any atom is 0.233 e. The molecule has 3 atom stereocenters. The second-order valence-electron chi connectivity index (χ2n) is 5.03. The molecule has 0 aromatic heterocycles. The van der Waals surface area contributed by atoms with Crippen LogP contribution in [0.3, 0.4) is 0 Å². The van der Waals surface area contributed by atoms with Gasteiger partial charge in [0, 0.05) is 0 Å². The summed E-state index contributed by atoms with van der Waals surface area (Å²) in [6.07, 6.45) is 1.89. The Bertz CT molecular complexity index is 300. The minimum atomic E-state index is -0.0220. The lowest BCUT2D eigenvalue weighted by molar-refractivity contribution is -0.140. The molecule has 3 aliphatic rings. The molecule has 4 heteroatoms. The Kier molecular flexibility index (Phi) is 1.89. The summed E-state index contributed by atoms with van der Waals surface area (Å²) in [5.74, 6) is 0.569. The van der Waals surface area contributed by atoms with Crippen LogP contribution >= 0.6 is 0 Å². The number of ether oxygens (including phenoxy) is 1. The smallest absolute Gasteiger partial charge is 0.233 e. The number of fused-ring (bicyclic) bond motifs is 1. The van der Waals surface area contributed by atoms with Crippen LogP contribution in [0.2, 0.25) is 0 Å². The van der Waals surface area contributed by atoms with Crippen molar-refractivity contribution in [2.75, 3.05) is 13.2 Å². The van der Waals surface area contributed by atoms with Crippen LogP contribution in [0.4, 0.5) is 0 Å². The molecular weight excluding hydrogens is 194 g/mol. The van der Waals surface area contributed by atoms with Crippen LogP contribution in [0.5, 0.6) is 0 Å². The fraction of sp³-hybridized carbons (Fsp3) is 0.818. The highest BCUT2D eigenvalue weighted by Crippen LogP contribution is 2.43. The number of imide groups is 1. The zero-order valence-corrected chi connectivity index (χ0v) is 8.81. The van der Waals surface area contributed by atoms with Gasteiger partial charge in [0.2, 0.25) is 11.8 Å². The molecule has 0 bridgehead atoms. The normalized spacial score (nSPS) is 43.7. The Balaban J connectivity index is 1.77. The standard InChI is InChI=1S/C11H15NO3/c1-6-2-8-9(3-6)11(14)12(10(8)13)4-7-5-15-7/h6-9H,2-5H2,1H3. The number of carbonyl (C=O) groups excluding carboxylic acids is 2. The summed E-state index contributed by atoms with van der Waals surface area (Å²) < 4.78 is 5.06. The fourth-order valence-corrected chi connectivity index (χ4v) is 2.90. The van der Waals surface area contributed by atoms with Gasteiger partial charge in [0.05, 0.1) is 31.1 Å². The molecule has 0 radical (unpaired) electrons. The van der Waals surface area contributed by atoms with Gasteiger partial charge in [0.25, 0.3) is 0 Å². The lowest BCUT2D eigenvalue weighted by Gasteiger charge is -2.15. The number of hydrogen-bond donors (Lipinski definition) is 0. The third kappa shape index (κ3) is 1.39. The molecule has 2 aliphatic heterocycles. The average Bonchev–Trinajstić information content (AvgIpc) is 2.90. The summed E-state index contributed by atoms with van der Waals surface area (Å²) in [4.78, 5) is 25.3. The second-order valence-corrected chi connectivity index (χ2v) is 5.03. The van der Waals surface area contributed by atoms with Gasteiger partial charge in [0.1, 0.15) is 0 Å². The maximum atomic E-state index is 12.0. The van der Waals surface area contributed by atoms with E-state index in [9.17, 15) is 9.59 Å². The molecule has 82 valence electrons. The molecule has 1 aliphatic carbocycles. The van der Waals surface area contributed by atoms with Gasteiger partial charge in [-0.2, -0.15) is 0 Å². The Labute approximate surface area is 88.6 Å². The van der Waals surface area contributed by atoms with Crippen molar-refractivity contribution in [3.05, 3.63) is 0 Å². The molecule has 1 saturated carbocycles. The number of amides is 2. The molecule has 0 aromatic carbocycles. The zero-order chi connectivity index (χ0) is 10.6. The minimum Gasteiger partial charge on any atom is -0.371 e. The van der Waals surface area contributed by atoms with Crippen molar-refractivity contribution in [2.45, 2.75) is 25.9 Å². The second kappa shape index (κ2) is 3.04. The maximum absolute atomic E-state index is 12.0. The quantitative estimate of drug-likeness (QED) is 0.489. The molecule has 0 N–H and O–H groups in total. The van der Waals surface area contributed by atoms with Crippen molar-refractivity contribution in [1.29, 1.82) is 0 Å². The minimum absolute atomic E-state index is 0.0220. The Morgan fingerprint density at radius 1 is 1.27 bits per heavy atom. The largest absolute Gasteiger partial charge is 0.371 e. The van der Waals surface area contributed by atoms with Gasteiger partial charge in [-0.05, 0) is 18.8 Å². The van der Waals surface area contributed by atoms with Crippen LogP contribution in [0.15, 0.2) is 0 Å². The third-order valence-electron chi connectivity index (χ3n) is 3.75. The Morgan fingerprint density at radius 3 is 2.27 bits per heavy atom. The summed E-state index contributed by atoms with van der Waals surface area (Å²) in [7, 11) is 0. The van der Waals surface area contributed by atoms with E-state index in [0.717, 1.165) is 12.8 Å². The van der Waals surface area contributed by atoms with Gasteiger partial charge < -0.3 is 4.74 Å². The molecule has 4 nitrogen and oxygen atoms in total. The van der Waals surface area contributed by atoms with E-state index in [1.165, 1.54) is 4.90 Å². The lowest BCUT2D eigenvalue weighted by atomic mass is 10.00. The SMILES string of the molecule is CC1CC2C(=O)N(CC3CO3)C(=O)C2C1. The molecule has 2 heterocycles. The highest BCUT2D eigenvalue weighted by Gasteiger charge is 2.52. The molecule has 3 unspecified atom stereocenters. The number of likely N-dealkylation sites (tertiary alicyclic amines) is 1. The molecular formula is C11H15NO3. The first-order valence-electron chi connectivity index (χ1n) is 5.63. The van der Waals surface area contributed by atoms with Crippen molar-refractivity contribution in [3.8, 4) is 0 Å². The Morgan fingerprint density at radius 2 is 1.80 bits per heavy atom. The van der Waals surface area contributed by atoms with Crippen molar-refractivity contribution in [2.24, 2.45) is 17.8 Å². The van der Waals surface area contributed by atoms with E-state index in [2.05, 4.69) is 6.92 Å². The van der Waals surface area contributed by atoms with E-state index in [0.29, 0.717) is 19.1 Å². The first-order chi connectivity index (χ1) is 7.16. The average molecular weight is 209 g/mol. The van der Waals surface area contributed by atoms with Crippen molar-refractivity contribution in [3.63, 3.8) is 0 Å². The summed E-state index contributed by atoms with van der Waals surface area (Å²) in [5, 5.41) is 0. The summed E-state index contributed by atoms with van der Waals surface area (Å²) in [6.45, 7) is 3.30. The number of epoxide rings is 1. The number of carbonyl (C=O) groups is 2. The molecule has 0 aromatic rings. The topological polar surface area (TPSA) is 49.9 Å². The monoisotopic (exact) mass is 209 g/mol. The van der Waals surface area contributed by atoms with Gasteiger partial charge in [-0.15, -0.1) is 0 Å². The molecule has 15 heavy (non-hydrogen) atoms. The van der Waals surface area contributed by atoms with Gasteiger partial charge in [-0.3, -0.25) is 14.5 Å². The fourth-order valence-electron chi connectivity index (χ4n) is 2.90. The molecule has 2 amide bonds. The predicted molar refractivity (Wildman–Crippen MR) is 51.8 cm³/mol. The lowest BCUT2D eigenvalue weighted by Crippen LogP contribution is -2.35. The van der Waals surface area contributed by atoms with Crippen molar-refractivity contribution in [1.82, 2.24) is 4.90 Å². The van der Waals surface area contributed by atoms with Crippen LogP contribution < -0.4 is 0 Å². The first kappa shape index (κ1) is 9.33. The van der Waals surface area contributed by atoms with Gasteiger partial charge >= 0.3 is 0 Å². The highest BCUT2D eigenvalue weighted by molar-refractivity contribution is 6.05. The van der Waals surface area contributed by atoms with Crippen LogP contribution in [-0.2, 0) is 14.3 Å². The van der Waals surface area contributed by atoms with Crippen LogP contribution in [0.25, 0.3) is 0 Å². The molecule has 3 fully saturated rings. The third-order valence-corrected chi connectivity index (χ3v) is 3.75. The number of hydrogen-bond acceptors (Lipinski definition) is 3. The summed E-state index contributed by atoms with van der Waals surface area (Å²) >= 11 is 0.